The number of nitrogens with zero attached hydrogens (tertiary/aromatic N) is 1. The predicted octanol–water partition coefficient (Wildman–Crippen LogP) is 6.26. The molecular weight excluding hydrogens is 254 g/mol. The molecule has 1 heterocycles. The van der Waals surface area contributed by atoms with Gasteiger partial charge in [-0.05, 0) is 48.7 Å². The first kappa shape index (κ1) is 15.8. The van der Waals surface area contributed by atoms with E-state index in [1.54, 1.807) is 0 Å². The molecule has 0 saturated carbocycles. The van der Waals surface area contributed by atoms with E-state index in [1.807, 2.05) is 0 Å². The number of aliphatic imine (C=N–C) groups is 1. The minimum atomic E-state index is 0.0507. The highest BCUT2D eigenvalue weighted by Crippen LogP contribution is 2.44. The largest absolute Gasteiger partial charge is 0.257 e. The molecule has 0 saturated heterocycles. The standard InChI is InChI=1S/C17H19N.C3H8/c1-10-8-11(2)13-6-7-15-16(14(13)9-10)17(4,5)12(3)18-15;1-3-2/h6-9H,1-5H3;3H2,1-2H3. The summed E-state index contributed by atoms with van der Waals surface area (Å²) in [6.07, 6.45) is 1.25. The molecule has 1 aliphatic heterocycles. The summed E-state index contributed by atoms with van der Waals surface area (Å²) < 4.78 is 0. The third-order valence-electron chi connectivity index (χ3n) is 4.28. The Labute approximate surface area is 129 Å². The molecule has 112 valence electrons. The Bertz CT molecular complexity index is 705. The van der Waals surface area contributed by atoms with E-state index < -0.39 is 0 Å². The average molecular weight is 281 g/mol. The molecule has 0 unspecified atom stereocenters. The molecule has 0 amide bonds. The van der Waals surface area contributed by atoms with E-state index in [0.717, 1.165) is 5.69 Å². The van der Waals surface area contributed by atoms with Gasteiger partial charge in [-0.1, -0.05) is 57.9 Å². The van der Waals surface area contributed by atoms with Gasteiger partial charge < -0.3 is 0 Å². The fourth-order valence-corrected chi connectivity index (χ4v) is 3.04. The molecule has 2 aromatic carbocycles. The third kappa shape index (κ3) is 2.62. The quantitative estimate of drug-likeness (QED) is 0.540. The molecule has 0 radical (unpaired) electrons. The van der Waals surface area contributed by atoms with Crippen molar-refractivity contribution in [2.75, 3.05) is 0 Å². The van der Waals surface area contributed by atoms with E-state index in [4.69, 9.17) is 4.99 Å². The maximum atomic E-state index is 4.73. The normalized spacial score (nSPS) is 15.3. The Hall–Kier alpha value is -1.63. The van der Waals surface area contributed by atoms with Crippen LogP contribution in [0.4, 0.5) is 5.69 Å². The van der Waals surface area contributed by atoms with Gasteiger partial charge >= 0.3 is 0 Å². The number of rotatable bonds is 0. The zero-order chi connectivity index (χ0) is 15.8. The fraction of sp³-hybridized carbons (Fsp3) is 0.450. The van der Waals surface area contributed by atoms with Crippen molar-refractivity contribution in [2.24, 2.45) is 4.99 Å². The number of fused-ring (bicyclic) bond motifs is 3. The predicted molar refractivity (Wildman–Crippen MR) is 95.2 cm³/mol. The van der Waals surface area contributed by atoms with Crippen molar-refractivity contribution in [3.8, 4) is 0 Å². The summed E-state index contributed by atoms with van der Waals surface area (Å²) in [4.78, 5) is 4.73. The number of hydrogen-bond acceptors (Lipinski definition) is 1. The highest BCUT2D eigenvalue weighted by Gasteiger charge is 2.33. The number of benzene rings is 2. The van der Waals surface area contributed by atoms with E-state index in [0.29, 0.717) is 0 Å². The van der Waals surface area contributed by atoms with Crippen molar-refractivity contribution >= 4 is 22.2 Å². The van der Waals surface area contributed by atoms with Gasteiger partial charge in [0.25, 0.3) is 0 Å². The second-order valence-electron chi connectivity index (χ2n) is 6.67. The lowest BCUT2D eigenvalue weighted by molar-refractivity contribution is 0.740. The summed E-state index contributed by atoms with van der Waals surface area (Å²) in [5.74, 6) is 0. The molecule has 0 fully saturated rings. The molecule has 0 N–H and O–H groups in total. The summed E-state index contributed by atoms with van der Waals surface area (Å²) in [6.45, 7) is 15.3. The second kappa shape index (κ2) is 5.63. The van der Waals surface area contributed by atoms with Crippen molar-refractivity contribution in [2.45, 2.75) is 60.3 Å². The molecular formula is C20H27N. The molecule has 1 aliphatic rings. The summed E-state index contributed by atoms with van der Waals surface area (Å²) in [6, 6.07) is 8.93. The summed E-state index contributed by atoms with van der Waals surface area (Å²) in [7, 11) is 0. The molecule has 21 heavy (non-hydrogen) atoms. The molecule has 0 bridgehead atoms. The molecule has 0 aliphatic carbocycles. The van der Waals surface area contributed by atoms with Gasteiger partial charge in [-0.25, -0.2) is 0 Å². The minimum Gasteiger partial charge on any atom is -0.257 e. The second-order valence-corrected chi connectivity index (χ2v) is 6.67. The lowest BCUT2D eigenvalue weighted by Gasteiger charge is -2.22. The molecule has 3 rings (SSSR count). The van der Waals surface area contributed by atoms with E-state index in [2.05, 4.69) is 72.7 Å². The van der Waals surface area contributed by atoms with Crippen LogP contribution in [0.1, 0.15) is 57.7 Å². The van der Waals surface area contributed by atoms with Crippen molar-refractivity contribution in [1.82, 2.24) is 0 Å². The van der Waals surface area contributed by atoms with Gasteiger partial charge in [0.1, 0.15) is 0 Å². The third-order valence-corrected chi connectivity index (χ3v) is 4.28. The van der Waals surface area contributed by atoms with Gasteiger partial charge in [-0.15, -0.1) is 0 Å². The number of hydrogen-bond donors (Lipinski definition) is 0. The zero-order valence-electron chi connectivity index (χ0n) is 14.5. The van der Waals surface area contributed by atoms with Crippen LogP contribution in [0.2, 0.25) is 0 Å². The van der Waals surface area contributed by atoms with Crippen LogP contribution in [0.15, 0.2) is 29.3 Å². The topological polar surface area (TPSA) is 12.4 Å². The van der Waals surface area contributed by atoms with Crippen molar-refractivity contribution in [3.05, 3.63) is 41.0 Å². The zero-order valence-corrected chi connectivity index (χ0v) is 14.5. The van der Waals surface area contributed by atoms with Crippen LogP contribution in [-0.2, 0) is 5.41 Å². The summed E-state index contributed by atoms with van der Waals surface area (Å²) >= 11 is 0. The van der Waals surface area contributed by atoms with Crippen molar-refractivity contribution < 1.29 is 0 Å². The highest BCUT2D eigenvalue weighted by atomic mass is 14.8. The molecule has 0 atom stereocenters. The van der Waals surface area contributed by atoms with Crippen LogP contribution in [0.25, 0.3) is 10.8 Å². The molecule has 1 heteroatoms. The first-order chi connectivity index (χ1) is 9.82. The lowest BCUT2D eigenvalue weighted by atomic mass is 9.79. The Morgan fingerprint density at radius 3 is 2.19 bits per heavy atom. The molecule has 2 aromatic rings. The first-order valence-corrected chi connectivity index (χ1v) is 7.93. The lowest BCUT2D eigenvalue weighted by Crippen LogP contribution is -2.23. The monoisotopic (exact) mass is 281 g/mol. The molecule has 1 nitrogen and oxygen atoms in total. The minimum absolute atomic E-state index is 0.0507. The van der Waals surface area contributed by atoms with Crippen LogP contribution in [0.5, 0.6) is 0 Å². The SMILES string of the molecule is CC1=Nc2ccc3c(C)cc(C)cc3c2C1(C)C.CCC. The van der Waals surface area contributed by atoms with Gasteiger partial charge in [0.2, 0.25) is 0 Å². The highest BCUT2D eigenvalue weighted by molar-refractivity contribution is 6.06. The van der Waals surface area contributed by atoms with Gasteiger partial charge in [-0.2, -0.15) is 0 Å². The van der Waals surface area contributed by atoms with Gasteiger partial charge in [0, 0.05) is 11.1 Å². The van der Waals surface area contributed by atoms with Crippen LogP contribution in [0, 0.1) is 13.8 Å². The maximum absolute atomic E-state index is 4.73. The van der Waals surface area contributed by atoms with Gasteiger partial charge in [0.05, 0.1) is 5.69 Å². The smallest absolute Gasteiger partial charge is 0.0677 e. The average Bonchev–Trinajstić information content (AvgIpc) is 2.61. The van der Waals surface area contributed by atoms with Crippen LogP contribution < -0.4 is 0 Å². The van der Waals surface area contributed by atoms with Crippen LogP contribution in [-0.4, -0.2) is 5.71 Å². The number of aryl methyl sites for hydroxylation is 2. The maximum Gasteiger partial charge on any atom is 0.0677 e. The first-order valence-electron chi connectivity index (χ1n) is 7.93. The molecule has 0 aromatic heterocycles. The van der Waals surface area contributed by atoms with Crippen LogP contribution in [0.3, 0.4) is 0 Å². The van der Waals surface area contributed by atoms with E-state index >= 15 is 0 Å². The summed E-state index contributed by atoms with van der Waals surface area (Å²) in [5.41, 5.74) is 6.49. The van der Waals surface area contributed by atoms with E-state index in [-0.39, 0.29) is 5.41 Å². The van der Waals surface area contributed by atoms with Crippen molar-refractivity contribution in [3.63, 3.8) is 0 Å². The Kier molecular flexibility index (Phi) is 4.22. The van der Waals surface area contributed by atoms with Crippen molar-refractivity contribution in [1.29, 1.82) is 0 Å². The van der Waals surface area contributed by atoms with Crippen LogP contribution >= 0.6 is 0 Å². The van der Waals surface area contributed by atoms with Gasteiger partial charge in [0.15, 0.2) is 0 Å². The Morgan fingerprint density at radius 1 is 0.952 bits per heavy atom. The molecule has 0 spiro atoms. The summed E-state index contributed by atoms with van der Waals surface area (Å²) in [5, 5.41) is 2.73. The Balaban J connectivity index is 0.000000497. The van der Waals surface area contributed by atoms with E-state index in [9.17, 15) is 0 Å². The van der Waals surface area contributed by atoms with E-state index in [1.165, 1.54) is 39.6 Å². The fourth-order valence-electron chi connectivity index (χ4n) is 3.04. The Morgan fingerprint density at radius 2 is 1.57 bits per heavy atom. The van der Waals surface area contributed by atoms with Gasteiger partial charge in [-0.3, -0.25) is 4.99 Å².